The van der Waals surface area contributed by atoms with Gasteiger partial charge in [-0.2, -0.15) is 0 Å². The highest BCUT2D eigenvalue weighted by atomic mass is 79.9. The molecule has 0 spiro atoms. The first kappa shape index (κ1) is 13.0. The fourth-order valence-electron chi connectivity index (χ4n) is 1.83. The van der Waals surface area contributed by atoms with Crippen molar-refractivity contribution in [2.45, 2.75) is 37.3 Å². The Morgan fingerprint density at radius 2 is 2.24 bits per heavy atom. The Labute approximate surface area is 109 Å². The molecule has 1 fully saturated rings. The first-order valence-electron chi connectivity index (χ1n) is 5.47. The van der Waals surface area contributed by atoms with Crippen LogP contribution in [0.4, 0.5) is 0 Å². The van der Waals surface area contributed by atoms with E-state index in [1.807, 2.05) is 6.92 Å². The molecule has 6 nitrogen and oxygen atoms in total. The highest BCUT2D eigenvalue weighted by Crippen LogP contribution is 2.33. The normalized spacial score (nSPS) is 18.3. The van der Waals surface area contributed by atoms with E-state index in [1.165, 1.54) is 17.5 Å². The molecule has 1 unspecified atom stereocenters. The number of hydrogen-bond acceptors (Lipinski definition) is 4. The first-order valence-corrected chi connectivity index (χ1v) is 7.75. The molecule has 96 valence electrons. The van der Waals surface area contributed by atoms with Gasteiger partial charge in [-0.3, -0.25) is 0 Å². The van der Waals surface area contributed by atoms with E-state index in [2.05, 4.69) is 31.0 Å². The summed E-state index contributed by atoms with van der Waals surface area (Å²) >= 11 is 3.09. The van der Waals surface area contributed by atoms with Crippen molar-refractivity contribution in [3.63, 3.8) is 0 Å². The van der Waals surface area contributed by atoms with Crippen molar-refractivity contribution in [3.8, 4) is 0 Å². The standard InChI is InChI=1S/C9H15BrN4O2S/c1-6(5-7-3-4-7)12-17(15,16)9-8(10)11-13-14(9)2/h6-7,12H,3-5H2,1-2H3. The van der Waals surface area contributed by atoms with Gasteiger partial charge in [-0.05, 0) is 35.2 Å². The van der Waals surface area contributed by atoms with Crippen LogP contribution in [-0.2, 0) is 17.1 Å². The lowest BCUT2D eigenvalue weighted by Gasteiger charge is -2.13. The van der Waals surface area contributed by atoms with E-state index in [4.69, 9.17) is 0 Å². The summed E-state index contributed by atoms with van der Waals surface area (Å²) in [6.07, 6.45) is 3.31. The van der Waals surface area contributed by atoms with Crippen LogP contribution in [0.1, 0.15) is 26.2 Å². The molecule has 8 heteroatoms. The van der Waals surface area contributed by atoms with E-state index < -0.39 is 10.0 Å². The van der Waals surface area contributed by atoms with Gasteiger partial charge < -0.3 is 0 Å². The molecule has 1 saturated carbocycles. The van der Waals surface area contributed by atoms with E-state index in [9.17, 15) is 8.42 Å². The van der Waals surface area contributed by atoms with Crippen molar-refractivity contribution in [3.05, 3.63) is 4.60 Å². The number of aryl methyl sites for hydroxylation is 1. The smallest absolute Gasteiger partial charge is 0.235 e. The van der Waals surface area contributed by atoms with Gasteiger partial charge in [0.1, 0.15) is 0 Å². The number of aromatic nitrogens is 3. The number of halogens is 1. The van der Waals surface area contributed by atoms with Crippen molar-refractivity contribution in [2.75, 3.05) is 0 Å². The molecule has 0 aromatic carbocycles. The lowest BCUT2D eigenvalue weighted by Crippen LogP contribution is -2.34. The molecule has 0 saturated heterocycles. The van der Waals surface area contributed by atoms with Gasteiger partial charge in [0.25, 0.3) is 10.0 Å². The molecule has 0 amide bonds. The quantitative estimate of drug-likeness (QED) is 0.878. The van der Waals surface area contributed by atoms with Crippen molar-refractivity contribution in [1.29, 1.82) is 0 Å². The summed E-state index contributed by atoms with van der Waals surface area (Å²) in [6, 6.07) is -0.0608. The van der Waals surface area contributed by atoms with Gasteiger partial charge in [-0.1, -0.05) is 18.1 Å². The van der Waals surface area contributed by atoms with E-state index in [0.717, 1.165) is 6.42 Å². The second-order valence-corrected chi connectivity index (χ2v) is 6.89. The predicted molar refractivity (Wildman–Crippen MR) is 65.8 cm³/mol. The minimum Gasteiger partial charge on any atom is -0.235 e. The van der Waals surface area contributed by atoms with Crippen LogP contribution in [0.25, 0.3) is 0 Å². The Balaban J connectivity index is 2.12. The zero-order valence-corrected chi connectivity index (χ0v) is 12.1. The van der Waals surface area contributed by atoms with Crippen LogP contribution in [0.5, 0.6) is 0 Å². The minimum absolute atomic E-state index is 0.0608. The van der Waals surface area contributed by atoms with Crippen LogP contribution < -0.4 is 4.72 Å². The van der Waals surface area contributed by atoms with Crippen LogP contribution in [0, 0.1) is 5.92 Å². The van der Waals surface area contributed by atoms with Crippen LogP contribution in [0.2, 0.25) is 0 Å². The minimum atomic E-state index is -3.55. The summed E-state index contributed by atoms with van der Waals surface area (Å²) in [4.78, 5) is 0. The molecule has 0 radical (unpaired) electrons. The van der Waals surface area contributed by atoms with Crippen LogP contribution in [0.15, 0.2) is 9.63 Å². The van der Waals surface area contributed by atoms with Gasteiger partial charge in [0.2, 0.25) is 5.03 Å². The number of hydrogen-bond donors (Lipinski definition) is 1. The second kappa shape index (κ2) is 4.66. The Morgan fingerprint density at radius 1 is 1.59 bits per heavy atom. The zero-order valence-electron chi connectivity index (χ0n) is 9.72. The maximum atomic E-state index is 12.1. The van der Waals surface area contributed by atoms with Crippen LogP contribution in [-0.4, -0.2) is 29.5 Å². The highest BCUT2D eigenvalue weighted by molar-refractivity contribution is 9.10. The van der Waals surface area contributed by atoms with Gasteiger partial charge >= 0.3 is 0 Å². The maximum Gasteiger partial charge on any atom is 0.260 e. The van der Waals surface area contributed by atoms with Crippen molar-refractivity contribution in [2.24, 2.45) is 13.0 Å². The molecule has 1 aromatic rings. The molecular formula is C9H15BrN4O2S. The van der Waals surface area contributed by atoms with E-state index in [1.54, 1.807) is 7.05 Å². The molecule has 0 aliphatic heterocycles. The van der Waals surface area contributed by atoms with Crippen molar-refractivity contribution < 1.29 is 8.42 Å². The fourth-order valence-corrected chi connectivity index (χ4v) is 4.18. The second-order valence-electron chi connectivity index (χ2n) is 4.51. The fraction of sp³-hybridized carbons (Fsp3) is 0.778. The zero-order chi connectivity index (χ0) is 12.6. The maximum absolute atomic E-state index is 12.1. The summed E-state index contributed by atoms with van der Waals surface area (Å²) in [7, 11) is -2.00. The molecule has 1 aromatic heterocycles. The molecule has 1 atom stereocenters. The van der Waals surface area contributed by atoms with Crippen LogP contribution >= 0.6 is 15.9 Å². The van der Waals surface area contributed by atoms with Crippen LogP contribution in [0.3, 0.4) is 0 Å². The van der Waals surface area contributed by atoms with Gasteiger partial charge in [0.15, 0.2) is 4.60 Å². The summed E-state index contributed by atoms with van der Waals surface area (Å²) in [6.45, 7) is 1.88. The van der Waals surface area contributed by atoms with E-state index in [-0.39, 0.29) is 15.7 Å². The Bertz CT molecular complexity index is 490. The molecular weight excluding hydrogens is 308 g/mol. The van der Waals surface area contributed by atoms with Gasteiger partial charge in [-0.25, -0.2) is 17.8 Å². The molecule has 0 bridgehead atoms. The summed E-state index contributed by atoms with van der Waals surface area (Å²) in [5, 5.41) is 7.41. The summed E-state index contributed by atoms with van der Waals surface area (Å²) in [5.41, 5.74) is 0. The molecule has 17 heavy (non-hydrogen) atoms. The third-order valence-electron chi connectivity index (χ3n) is 2.73. The Hall–Kier alpha value is -0.470. The van der Waals surface area contributed by atoms with Crippen molar-refractivity contribution >= 4 is 26.0 Å². The predicted octanol–water partition coefficient (Wildman–Crippen LogP) is 1.04. The molecule has 1 N–H and O–H groups in total. The Kier molecular flexibility index (Phi) is 3.55. The molecule has 1 heterocycles. The first-order chi connectivity index (χ1) is 7.90. The average Bonchev–Trinajstić information content (AvgIpc) is 2.90. The molecule has 1 aliphatic rings. The van der Waals surface area contributed by atoms with E-state index >= 15 is 0 Å². The topological polar surface area (TPSA) is 76.9 Å². The Morgan fingerprint density at radius 3 is 2.71 bits per heavy atom. The van der Waals surface area contributed by atoms with E-state index in [0.29, 0.717) is 5.92 Å². The third-order valence-corrected chi connectivity index (χ3v) is 5.21. The lowest BCUT2D eigenvalue weighted by molar-refractivity contribution is 0.519. The van der Waals surface area contributed by atoms with Gasteiger partial charge in [0.05, 0.1) is 0 Å². The lowest BCUT2D eigenvalue weighted by atomic mass is 10.2. The number of sulfonamides is 1. The SMILES string of the molecule is CC(CC1CC1)NS(=O)(=O)c1c(Br)nnn1C. The summed E-state index contributed by atoms with van der Waals surface area (Å²) in [5.74, 6) is 0.681. The highest BCUT2D eigenvalue weighted by Gasteiger charge is 2.29. The third kappa shape index (κ3) is 3.05. The van der Waals surface area contributed by atoms with Crippen molar-refractivity contribution in [1.82, 2.24) is 19.7 Å². The monoisotopic (exact) mass is 322 g/mol. The average molecular weight is 323 g/mol. The van der Waals surface area contributed by atoms with Gasteiger partial charge in [0, 0.05) is 13.1 Å². The number of rotatable bonds is 5. The van der Waals surface area contributed by atoms with Gasteiger partial charge in [-0.15, -0.1) is 5.10 Å². The molecule has 1 aliphatic carbocycles. The molecule has 2 rings (SSSR count). The largest absolute Gasteiger partial charge is 0.260 e. The summed E-state index contributed by atoms with van der Waals surface area (Å²) < 4.78 is 28.4. The number of nitrogens with zero attached hydrogens (tertiary/aromatic N) is 3. The number of nitrogens with one attached hydrogen (secondary N) is 1.